The van der Waals surface area contributed by atoms with Crippen molar-refractivity contribution in [2.75, 3.05) is 26.3 Å². The number of aliphatic hydroxyl groups excluding tert-OH is 1. The summed E-state index contributed by atoms with van der Waals surface area (Å²) < 4.78 is 5.39. The number of nitrogens with zero attached hydrogens (tertiary/aromatic N) is 1. The van der Waals surface area contributed by atoms with E-state index in [1.54, 1.807) is 0 Å². The zero-order valence-corrected chi connectivity index (χ0v) is 9.98. The molecule has 1 saturated heterocycles. The molecule has 3 rings (SSSR count). The summed E-state index contributed by atoms with van der Waals surface area (Å²) in [6.45, 7) is 3.70. The SMILES string of the molecule is O[C@@H]1CC[C@@H]2C[C@H]2CC[C@@H]1N1CCOCC1. The van der Waals surface area contributed by atoms with E-state index in [-0.39, 0.29) is 6.10 Å². The molecule has 2 aliphatic carbocycles. The average molecular weight is 225 g/mol. The average Bonchev–Trinajstić information content (AvgIpc) is 3.04. The molecule has 3 fully saturated rings. The number of fused-ring (bicyclic) bond motifs is 1. The lowest BCUT2D eigenvalue weighted by Gasteiger charge is -2.38. The van der Waals surface area contributed by atoms with E-state index < -0.39 is 0 Å². The molecule has 0 radical (unpaired) electrons. The lowest BCUT2D eigenvalue weighted by atomic mass is 9.93. The Morgan fingerprint density at radius 3 is 2.38 bits per heavy atom. The van der Waals surface area contributed by atoms with Crippen LogP contribution in [-0.2, 0) is 4.74 Å². The molecule has 0 spiro atoms. The molecule has 16 heavy (non-hydrogen) atoms. The molecule has 0 bridgehead atoms. The molecule has 3 aliphatic rings. The first kappa shape index (κ1) is 11.0. The second-order valence-corrected chi connectivity index (χ2v) is 5.69. The number of hydrogen-bond acceptors (Lipinski definition) is 3. The highest BCUT2D eigenvalue weighted by Crippen LogP contribution is 2.47. The summed E-state index contributed by atoms with van der Waals surface area (Å²) in [5.74, 6) is 1.95. The lowest BCUT2D eigenvalue weighted by molar-refractivity contribution is -0.0299. The van der Waals surface area contributed by atoms with Crippen LogP contribution in [-0.4, -0.2) is 48.5 Å². The van der Waals surface area contributed by atoms with Gasteiger partial charge in [-0.1, -0.05) is 0 Å². The van der Waals surface area contributed by atoms with Crippen LogP contribution in [0.25, 0.3) is 0 Å². The van der Waals surface area contributed by atoms with E-state index in [4.69, 9.17) is 4.74 Å². The van der Waals surface area contributed by atoms with E-state index in [1.165, 1.54) is 25.7 Å². The van der Waals surface area contributed by atoms with E-state index in [2.05, 4.69) is 4.90 Å². The summed E-state index contributed by atoms with van der Waals surface area (Å²) in [6, 6.07) is 0.408. The quantitative estimate of drug-likeness (QED) is 0.729. The zero-order valence-electron chi connectivity index (χ0n) is 9.98. The van der Waals surface area contributed by atoms with Gasteiger partial charge in [-0.3, -0.25) is 4.90 Å². The number of morpholine rings is 1. The van der Waals surface area contributed by atoms with Crippen LogP contribution in [0.4, 0.5) is 0 Å². The maximum atomic E-state index is 10.3. The van der Waals surface area contributed by atoms with Gasteiger partial charge in [0.1, 0.15) is 0 Å². The Labute approximate surface area is 97.8 Å². The van der Waals surface area contributed by atoms with Crippen molar-refractivity contribution in [1.82, 2.24) is 4.90 Å². The fourth-order valence-corrected chi connectivity index (χ4v) is 3.51. The van der Waals surface area contributed by atoms with Crippen LogP contribution in [0.3, 0.4) is 0 Å². The van der Waals surface area contributed by atoms with Gasteiger partial charge in [0.2, 0.25) is 0 Å². The molecule has 92 valence electrons. The molecule has 4 atom stereocenters. The van der Waals surface area contributed by atoms with Crippen molar-refractivity contribution in [1.29, 1.82) is 0 Å². The van der Waals surface area contributed by atoms with Crippen LogP contribution in [0.5, 0.6) is 0 Å². The van der Waals surface area contributed by atoms with Crippen molar-refractivity contribution >= 4 is 0 Å². The third-order valence-corrected chi connectivity index (χ3v) is 4.69. The van der Waals surface area contributed by atoms with Crippen LogP contribution < -0.4 is 0 Å². The largest absolute Gasteiger partial charge is 0.391 e. The van der Waals surface area contributed by atoms with Crippen LogP contribution in [0.1, 0.15) is 32.1 Å². The number of ether oxygens (including phenoxy) is 1. The number of rotatable bonds is 1. The first-order chi connectivity index (χ1) is 7.84. The minimum atomic E-state index is -0.0975. The molecule has 0 aromatic heterocycles. The molecule has 3 nitrogen and oxygen atoms in total. The minimum Gasteiger partial charge on any atom is -0.391 e. The van der Waals surface area contributed by atoms with Gasteiger partial charge in [-0.2, -0.15) is 0 Å². The number of aliphatic hydroxyl groups is 1. The monoisotopic (exact) mass is 225 g/mol. The van der Waals surface area contributed by atoms with Crippen molar-refractivity contribution in [2.45, 2.75) is 44.2 Å². The molecule has 3 heteroatoms. The van der Waals surface area contributed by atoms with Crippen molar-refractivity contribution in [2.24, 2.45) is 11.8 Å². The third-order valence-electron chi connectivity index (χ3n) is 4.69. The van der Waals surface area contributed by atoms with Gasteiger partial charge in [0, 0.05) is 19.1 Å². The Bertz CT molecular complexity index is 240. The van der Waals surface area contributed by atoms with Gasteiger partial charge in [0.05, 0.1) is 19.3 Å². The summed E-state index contributed by atoms with van der Waals surface area (Å²) in [5, 5.41) is 10.3. The Balaban J connectivity index is 1.61. The predicted octanol–water partition coefficient (Wildman–Crippen LogP) is 1.26. The molecule has 0 aromatic rings. The maximum absolute atomic E-state index is 10.3. The van der Waals surface area contributed by atoms with Crippen molar-refractivity contribution < 1.29 is 9.84 Å². The van der Waals surface area contributed by atoms with Crippen molar-refractivity contribution in [3.05, 3.63) is 0 Å². The highest BCUT2D eigenvalue weighted by atomic mass is 16.5. The van der Waals surface area contributed by atoms with Gasteiger partial charge in [0.25, 0.3) is 0 Å². The summed E-state index contributed by atoms with van der Waals surface area (Å²) in [6.07, 6.45) is 6.14. The highest BCUT2D eigenvalue weighted by Gasteiger charge is 2.40. The summed E-state index contributed by atoms with van der Waals surface area (Å²) in [7, 11) is 0. The van der Waals surface area contributed by atoms with Crippen LogP contribution >= 0.6 is 0 Å². The molecular weight excluding hydrogens is 202 g/mol. The first-order valence-electron chi connectivity index (χ1n) is 6.84. The molecule has 0 aromatic carbocycles. The lowest BCUT2D eigenvalue weighted by Crippen LogP contribution is -2.49. The van der Waals surface area contributed by atoms with Gasteiger partial charge in [-0.25, -0.2) is 0 Å². The van der Waals surface area contributed by atoms with E-state index in [9.17, 15) is 5.11 Å². The molecule has 0 unspecified atom stereocenters. The summed E-state index contributed by atoms with van der Waals surface area (Å²) in [5.41, 5.74) is 0. The third kappa shape index (κ3) is 2.27. The van der Waals surface area contributed by atoms with Crippen LogP contribution in [0, 0.1) is 11.8 Å². The number of hydrogen-bond donors (Lipinski definition) is 1. The second kappa shape index (κ2) is 4.63. The zero-order chi connectivity index (χ0) is 11.0. The first-order valence-corrected chi connectivity index (χ1v) is 6.84. The molecule has 1 aliphatic heterocycles. The van der Waals surface area contributed by atoms with Crippen molar-refractivity contribution in [3.8, 4) is 0 Å². The molecular formula is C13H23NO2. The Hall–Kier alpha value is -0.120. The highest BCUT2D eigenvalue weighted by molar-refractivity contribution is 4.93. The van der Waals surface area contributed by atoms with E-state index in [0.29, 0.717) is 6.04 Å². The Morgan fingerprint density at radius 1 is 0.938 bits per heavy atom. The molecule has 0 amide bonds. The fourth-order valence-electron chi connectivity index (χ4n) is 3.51. The Kier molecular flexibility index (Phi) is 3.18. The van der Waals surface area contributed by atoms with E-state index in [1.807, 2.05) is 0 Å². The van der Waals surface area contributed by atoms with Crippen molar-refractivity contribution in [3.63, 3.8) is 0 Å². The smallest absolute Gasteiger partial charge is 0.0695 e. The second-order valence-electron chi connectivity index (χ2n) is 5.69. The normalized spacial score (nSPS) is 45.6. The topological polar surface area (TPSA) is 32.7 Å². The molecule has 1 N–H and O–H groups in total. The van der Waals surface area contributed by atoms with Gasteiger partial charge >= 0.3 is 0 Å². The molecule has 1 heterocycles. The minimum absolute atomic E-state index is 0.0975. The van der Waals surface area contributed by atoms with Gasteiger partial charge in [-0.15, -0.1) is 0 Å². The maximum Gasteiger partial charge on any atom is 0.0695 e. The summed E-state index contributed by atoms with van der Waals surface area (Å²) in [4.78, 5) is 2.46. The Morgan fingerprint density at radius 2 is 1.62 bits per heavy atom. The fraction of sp³-hybridized carbons (Fsp3) is 1.00. The molecule has 2 saturated carbocycles. The van der Waals surface area contributed by atoms with E-state index >= 15 is 0 Å². The standard InChI is InChI=1S/C13H23NO2/c15-13-4-2-11-9-10(11)1-3-12(13)14-5-7-16-8-6-14/h10-13,15H,1-9H2/t10-,11-,12+,13-/m1/s1. The van der Waals surface area contributed by atoms with E-state index in [0.717, 1.165) is 44.6 Å². The van der Waals surface area contributed by atoms with Gasteiger partial charge in [-0.05, 0) is 43.9 Å². The van der Waals surface area contributed by atoms with Crippen LogP contribution in [0.15, 0.2) is 0 Å². The predicted molar refractivity (Wildman–Crippen MR) is 62.3 cm³/mol. The van der Waals surface area contributed by atoms with Crippen LogP contribution in [0.2, 0.25) is 0 Å². The van der Waals surface area contributed by atoms with Gasteiger partial charge in [0.15, 0.2) is 0 Å². The summed E-state index contributed by atoms with van der Waals surface area (Å²) >= 11 is 0. The van der Waals surface area contributed by atoms with Gasteiger partial charge < -0.3 is 9.84 Å².